The predicted octanol–water partition coefficient (Wildman–Crippen LogP) is 3.22. The molecule has 5 nitrogen and oxygen atoms in total. The summed E-state index contributed by atoms with van der Waals surface area (Å²) in [5.41, 5.74) is 0.0893. The molecule has 0 saturated heterocycles. The molecule has 0 aliphatic carbocycles. The zero-order chi connectivity index (χ0) is 14.0. The van der Waals surface area contributed by atoms with Crippen LogP contribution in [0, 0.1) is 10.1 Å². The van der Waals surface area contributed by atoms with Crippen LogP contribution in [0.1, 0.15) is 5.56 Å². The topological polar surface area (TPSA) is 65.1 Å². The normalized spacial score (nSPS) is 10.4. The van der Waals surface area contributed by atoms with Crippen LogP contribution in [0.15, 0.2) is 45.8 Å². The minimum absolute atomic E-state index is 0.0590. The largest absolute Gasteiger partial charge is 0.310 e. The Hall–Kier alpha value is -1.66. The molecule has 0 spiro atoms. The van der Waals surface area contributed by atoms with Crippen molar-refractivity contribution in [1.29, 1.82) is 0 Å². The summed E-state index contributed by atoms with van der Waals surface area (Å²) in [6.45, 7) is 0.0924. The second-order valence-corrected chi connectivity index (χ2v) is 5.20. The van der Waals surface area contributed by atoms with E-state index in [-0.39, 0.29) is 17.8 Å². The van der Waals surface area contributed by atoms with Crippen LogP contribution >= 0.6 is 27.5 Å². The van der Waals surface area contributed by atoms with Crippen LogP contribution in [0.4, 0.5) is 5.69 Å². The summed E-state index contributed by atoms with van der Waals surface area (Å²) in [7, 11) is 0. The summed E-state index contributed by atoms with van der Waals surface area (Å²) in [5.74, 6) is 0. The third-order valence-electron chi connectivity index (χ3n) is 2.53. The fourth-order valence-corrected chi connectivity index (χ4v) is 2.24. The average Bonchev–Trinajstić information content (AvgIpc) is 2.33. The molecule has 19 heavy (non-hydrogen) atoms. The van der Waals surface area contributed by atoms with Crippen LogP contribution in [0.25, 0.3) is 0 Å². The van der Waals surface area contributed by atoms with Crippen LogP contribution in [0.5, 0.6) is 0 Å². The first-order valence-corrected chi connectivity index (χ1v) is 6.43. The van der Waals surface area contributed by atoms with Crippen molar-refractivity contribution < 1.29 is 4.92 Å². The molecule has 1 aromatic carbocycles. The van der Waals surface area contributed by atoms with Gasteiger partial charge in [-0.15, -0.1) is 0 Å². The molecular formula is C12H8BrClN2O3. The Labute approximate surface area is 121 Å². The van der Waals surface area contributed by atoms with E-state index in [0.717, 1.165) is 4.47 Å². The lowest BCUT2D eigenvalue weighted by Crippen LogP contribution is -2.19. The second-order valence-electron chi connectivity index (χ2n) is 3.84. The van der Waals surface area contributed by atoms with Crippen molar-refractivity contribution in [3.63, 3.8) is 0 Å². The molecule has 0 fully saturated rings. The van der Waals surface area contributed by atoms with E-state index in [4.69, 9.17) is 11.6 Å². The van der Waals surface area contributed by atoms with Gasteiger partial charge >= 0.3 is 0 Å². The first-order chi connectivity index (χ1) is 8.97. The first-order valence-electron chi connectivity index (χ1n) is 5.26. The minimum atomic E-state index is -0.491. The fraction of sp³-hybridized carbons (Fsp3) is 0.0833. The highest BCUT2D eigenvalue weighted by atomic mass is 79.9. The maximum Gasteiger partial charge on any atom is 0.274 e. The highest BCUT2D eigenvalue weighted by Gasteiger charge is 2.14. The maximum atomic E-state index is 11.7. The van der Waals surface area contributed by atoms with Gasteiger partial charge in [-0.2, -0.15) is 0 Å². The van der Waals surface area contributed by atoms with Gasteiger partial charge in [0.05, 0.1) is 17.0 Å². The molecule has 0 saturated carbocycles. The standard InChI is InChI=1S/C12H8BrClN2O3/c13-9-1-4-12(17)15(7-9)6-8-5-10(14)2-3-11(8)16(18)19/h1-5,7H,6H2. The van der Waals surface area contributed by atoms with E-state index in [1.807, 2.05) is 0 Å². The van der Waals surface area contributed by atoms with Crippen molar-refractivity contribution in [1.82, 2.24) is 4.57 Å². The predicted molar refractivity (Wildman–Crippen MR) is 75.6 cm³/mol. The first kappa shape index (κ1) is 13.8. The van der Waals surface area contributed by atoms with E-state index in [2.05, 4.69) is 15.9 Å². The van der Waals surface area contributed by atoms with Crippen LogP contribution in [0.2, 0.25) is 5.02 Å². The minimum Gasteiger partial charge on any atom is -0.310 e. The Bertz CT molecular complexity index is 700. The molecule has 0 N–H and O–H groups in total. The molecule has 0 aliphatic heterocycles. The van der Waals surface area contributed by atoms with Gasteiger partial charge in [0.1, 0.15) is 0 Å². The highest BCUT2D eigenvalue weighted by molar-refractivity contribution is 9.10. The number of nitro benzene ring substituents is 1. The van der Waals surface area contributed by atoms with E-state index in [0.29, 0.717) is 10.6 Å². The molecule has 1 aromatic heterocycles. The molecule has 2 aromatic rings. The molecule has 98 valence electrons. The lowest BCUT2D eigenvalue weighted by atomic mass is 10.2. The number of halogens is 2. The molecule has 0 aliphatic rings. The zero-order valence-corrected chi connectivity index (χ0v) is 11.9. The fourth-order valence-electron chi connectivity index (χ4n) is 1.67. The van der Waals surface area contributed by atoms with Gasteiger partial charge in [-0.25, -0.2) is 0 Å². The summed E-state index contributed by atoms with van der Waals surface area (Å²) in [5, 5.41) is 11.3. The number of hydrogen-bond acceptors (Lipinski definition) is 3. The molecule has 2 rings (SSSR count). The summed E-state index contributed by atoms with van der Waals surface area (Å²) >= 11 is 9.09. The number of rotatable bonds is 3. The smallest absolute Gasteiger partial charge is 0.274 e. The van der Waals surface area contributed by atoms with Gasteiger partial charge in [-0.1, -0.05) is 11.6 Å². The van der Waals surface area contributed by atoms with Crippen molar-refractivity contribution in [3.8, 4) is 0 Å². The Balaban J connectivity index is 2.48. The molecule has 0 unspecified atom stereocenters. The third kappa shape index (κ3) is 3.21. The zero-order valence-electron chi connectivity index (χ0n) is 9.55. The van der Waals surface area contributed by atoms with Gasteiger partial charge in [0, 0.05) is 27.8 Å². The van der Waals surface area contributed by atoms with Gasteiger partial charge in [-0.3, -0.25) is 14.9 Å². The van der Waals surface area contributed by atoms with E-state index < -0.39 is 4.92 Å². The van der Waals surface area contributed by atoms with E-state index >= 15 is 0 Å². The van der Waals surface area contributed by atoms with Crippen LogP contribution in [0.3, 0.4) is 0 Å². The summed E-state index contributed by atoms with van der Waals surface area (Å²) in [4.78, 5) is 22.1. The summed E-state index contributed by atoms with van der Waals surface area (Å²) in [6, 6.07) is 7.28. The molecule has 1 heterocycles. The number of pyridine rings is 1. The molecule has 0 amide bonds. The summed E-state index contributed by atoms with van der Waals surface area (Å²) < 4.78 is 2.10. The van der Waals surface area contributed by atoms with Crippen molar-refractivity contribution >= 4 is 33.2 Å². The van der Waals surface area contributed by atoms with Crippen LogP contribution in [-0.4, -0.2) is 9.49 Å². The third-order valence-corrected chi connectivity index (χ3v) is 3.23. The van der Waals surface area contributed by atoms with E-state index in [9.17, 15) is 14.9 Å². The van der Waals surface area contributed by atoms with Crippen molar-refractivity contribution in [2.24, 2.45) is 0 Å². The quantitative estimate of drug-likeness (QED) is 0.635. The number of aromatic nitrogens is 1. The van der Waals surface area contributed by atoms with Gasteiger partial charge in [0.15, 0.2) is 0 Å². The molecule has 0 bridgehead atoms. The Morgan fingerprint density at radius 1 is 1.32 bits per heavy atom. The number of nitro groups is 1. The summed E-state index contributed by atoms with van der Waals surface area (Å²) in [6.07, 6.45) is 1.58. The molecule has 0 radical (unpaired) electrons. The van der Waals surface area contributed by atoms with Gasteiger partial charge in [0.25, 0.3) is 11.2 Å². The van der Waals surface area contributed by atoms with Crippen molar-refractivity contribution in [3.05, 3.63) is 72.1 Å². The van der Waals surface area contributed by atoms with Crippen molar-refractivity contribution in [2.75, 3.05) is 0 Å². The lowest BCUT2D eigenvalue weighted by molar-refractivity contribution is -0.385. The van der Waals surface area contributed by atoms with E-state index in [1.165, 1.54) is 28.8 Å². The Morgan fingerprint density at radius 2 is 2.05 bits per heavy atom. The number of benzene rings is 1. The Kier molecular flexibility index (Phi) is 4.01. The SMILES string of the molecule is O=c1ccc(Br)cn1Cc1cc(Cl)ccc1[N+](=O)[O-]. The molecule has 7 heteroatoms. The molecule has 0 atom stereocenters. The van der Waals surface area contributed by atoms with Gasteiger partial charge in [-0.05, 0) is 34.1 Å². The Morgan fingerprint density at radius 3 is 2.74 bits per heavy atom. The molecular weight excluding hydrogens is 336 g/mol. The lowest BCUT2D eigenvalue weighted by Gasteiger charge is -2.07. The maximum absolute atomic E-state index is 11.7. The number of nitrogens with zero attached hydrogens (tertiary/aromatic N) is 2. The van der Waals surface area contributed by atoms with Crippen molar-refractivity contribution in [2.45, 2.75) is 6.54 Å². The van der Waals surface area contributed by atoms with Gasteiger partial charge in [0.2, 0.25) is 0 Å². The van der Waals surface area contributed by atoms with E-state index in [1.54, 1.807) is 12.3 Å². The second kappa shape index (κ2) is 5.54. The van der Waals surface area contributed by atoms with Crippen LogP contribution < -0.4 is 5.56 Å². The number of hydrogen-bond donors (Lipinski definition) is 0. The highest BCUT2D eigenvalue weighted by Crippen LogP contribution is 2.23. The monoisotopic (exact) mass is 342 g/mol. The van der Waals surface area contributed by atoms with Gasteiger partial charge < -0.3 is 4.57 Å². The van der Waals surface area contributed by atoms with Crippen LogP contribution in [-0.2, 0) is 6.54 Å². The average molecular weight is 344 g/mol.